The number of nitrogens with one attached hydrogen (secondary N) is 1. The maximum absolute atomic E-state index is 13.4. The molecule has 0 radical (unpaired) electrons. The second-order valence-electron chi connectivity index (χ2n) is 8.94. The maximum atomic E-state index is 13.4. The number of benzene rings is 2. The van der Waals surface area contributed by atoms with Gasteiger partial charge in [0, 0.05) is 51.3 Å². The van der Waals surface area contributed by atoms with Gasteiger partial charge in [0.25, 0.3) is 11.8 Å². The fraction of sp³-hybridized carbons (Fsp3) is 0.423. The van der Waals surface area contributed by atoms with Crippen LogP contribution in [0.5, 0.6) is 5.75 Å². The van der Waals surface area contributed by atoms with E-state index in [0.717, 1.165) is 0 Å². The third kappa shape index (κ3) is 6.36. The zero-order valence-corrected chi connectivity index (χ0v) is 20.7. The van der Waals surface area contributed by atoms with Crippen LogP contribution in [0.25, 0.3) is 0 Å². The van der Waals surface area contributed by atoms with Crippen molar-refractivity contribution in [3.63, 3.8) is 0 Å². The van der Waals surface area contributed by atoms with Crippen LogP contribution in [0.4, 0.5) is 10.1 Å². The topological polar surface area (TPSA) is 88.2 Å². The van der Waals surface area contributed by atoms with Crippen LogP contribution in [0.1, 0.15) is 41.5 Å². The number of halogens is 1. The number of methoxy groups -OCH3 is 1. The lowest BCUT2D eigenvalue weighted by molar-refractivity contribution is -0.133. The normalized spacial score (nSPS) is 21.3. The van der Waals surface area contributed by atoms with Gasteiger partial charge in [-0.25, -0.2) is 4.39 Å². The van der Waals surface area contributed by atoms with Gasteiger partial charge in [-0.2, -0.15) is 0 Å². The smallest absolute Gasteiger partial charge is 0.257 e. The summed E-state index contributed by atoms with van der Waals surface area (Å²) in [7, 11) is 3.26. The van der Waals surface area contributed by atoms with Crippen LogP contribution >= 0.6 is 0 Å². The molecule has 0 bridgehead atoms. The van der Waals surface area contributed by atoms with Crippen molar-refractivity contribution in [3.05, 3.63) is 59.4 Å². The van der Waals surface area contributed by atoms with Crippen molar-refractivity contribution in [2.45, 2.75) is 32.9 Å². The van der Waals surface area contributed by atoms with Crippen molar-refractivity contribution >= 4 is 23.4 Å². The largest absolute Gasteiger partial charge is 0.491 e. The standard InChI is InChI=1S/C26H32FN3O5/c1-16-13-30(18(3)31)17(2)15-35-23-11-10-21(28-25(32)19-6-8-20(27)9-7-19)12-22(23)26(33)29(4)14-24(16)34-5/h6-12,16-17,24H,13-15H2,1-5H3,(H,28,32)/t16-,17-,24-/m1/s1. The van der Waals surface area contributed by atoms with E-state index in [0.29, 0.717) is 24.5 Å². The van der Waals surface area contributed by atoms with Gasteiger partial charge in [0.15, 0.2) is 0 Å². The summed E-state index contributed by atoms with van der Waals surface area (Å²) >= 11 is 0. The number of hydrogen-bond donors (Lipinski definition) is 1. The Labute approximate surface area is 205 Å². The Kier molecular flexibility index (Phi) is 8.45. The minimum atomic E-state index is -0.437. The van der Waals surface area contributed by atoms with Crippen LogP contribution in [-0.2, 0) is 9.53 Å². The van der Waals surface area contributed by atoms with E-state index in [4.69, 9.17) is 9.47 Å². The van der Waals surface area contributed by atoms with Crippen molar-refractivity contribution < 1.29 is 28.2 Å². The first-order chi connectivity index (χ1) is 16.6. The highest BCUT2D eigenvalue weighted by Gasteiger charge is 2.29. The van der Waals surface area contributed by atoms with Crippen LogP contribution in [-0.4, -0.2) is 73.5 Å². The Morgan fingerprint density at radius 1 is 1.11 bits per heavy atom. The highest BCUT2D eigenvalue weighted by Crippen LogP contribution is 2.27. The lowest BCUT2D eigenvalue weighted by Gasteiger charge is -2.35. The Morgan fingerprint density at radius 3 is 2.43 bits per heavy atom. The van der Waals surface area contributed by atoms with E-state index in [9.17, 15) is 18.8 Å². The van der Waals surface area contributed by atoms with Crippen LogP contribution in [0, 0.1) is 11.7 Å². The number of likely N-dealkylation sites (N-methyl/N-ethyl adjacent to an activating group) is 1. The fourth-order valence-corrected chi connectivity index (χ4v) is 4.10. The quantitative estimate of drug-likeness (QED) is 0.720. The molecule has 1 aliphatic heterocycles. The van der Waals surface area contributed by atoms with Gasteiger partial charge in [-0.05, 0) is 49.4 Å². The van der Waals surface area contributed by atoms with Crippen molar-refractivity contribution in [1.29, 1.82) is 0 Å². The number of hydrogen-bond acceptors (Lipinski definition) is 5. The summed E-state index contributed by atoms with van der Waals surface area (Å²) in [6.45, 7) is 6.38. The predicted octanol–water partition coefficient (Wildman–Crippen LogP) is 3.43. The molecular formula is C26H32FN3O5. The summed E-state index contributed by atoms with van der Waals surface area (Å²) in [5, 5.41) is 2.74. The molecule has 9 heteroatoms. The van der Waals surface area contributed by atoms with Gasteiger partial charge in [0.05, 0.1) is 17.7 Å². The molecule has 2 aromatic rings. The summed E-state index contributed by atoms with van der Waals surface area (Å²) in [6.07, 6.45) is -0.289. The van der Waals surface area contributed by atoms with E-state index in [2.05, 4.69) is 5.32 Å². The van der Waals surface area contributed by atoms with E-state index < -0.39 is 11.7 Å². The third-order valence-corrected chi connectivity index (χ3v) is 6.21. The summed E-state index contributed by atoms with van der Waals surface area (Å²) in [4.78, 5) is 41.6. The summed E-state index contributed by atoms with van der Waals surface area (Å²) in [5.41, 5.74) is 0.952. The van der Waals surface area contributed by atoms with Gasteiger partial charge in [-0.1, -0.05) is 6.92 Å². The number of ether oxygens (including phenoxy) is 2. The Morgan fingerprint density at radius 2 is 1.80 bits per heavy atom. The Balaban J connectivity index is 1.93. The molecule has 35 heavy (non-hydrogen) atoms. The number of anilines is 1. The van der Waals surface area contributed by atoms with E-state index in [-0.39, 0.29) is 47.6 Å². The molecule has 1 N–H and O–H groups in total. The fourth-order valence-electron chi connectivity index (χ4n) is 4.10. The first kappa shape index (κ1) is 26.2. The maximum Gasteiger partial charge on any atom is 0.257 e. The molecule has 0 aromatic heterocycles. The number of carbonyl (C=O) groups is 3. The van der Waals surface area contributed by atoms with E-state index in [1.165, 1.54) is 31.2 Å². The molecule has 3 atom stereocenters. The number of carbonyl (C=O) groups excluding carboxylic acids is 3. The van der Waals surface area contributed by atoms with Crippen LogP contribution in [0.2, 0.25) is 0 Å². The van der Waals surface area contributed by atoms with Gasteiger partial charge >= 0.3 is 0 Å². The number of fused-ring (bicyclic) bond motifs is 1. The van der Waals surface area contributed by atoms with Crippen LogP contribution < -0.4 is 10.1 Å². The predicted molar refractivity (Wildman–Crippen MR) is 130 cm³/mol. The zero-order valence-electron chi connectivity index (χ0n) is 20.7. The monoisotopic (exact) mass is 485 g/mol. The molecule has 0 spiro atoms. The van der Waals surface area contributed by atoms with E-state index >= 15 is 0 Å². The van der Waals surface area contributed by atoms with Gasteiger partial charge in [-0.15, -0.1) is 0 Å². The molecule has 3 rings (SSSR count). The first-order valence-corrected chi connectivity index (χ1v) is 11.5. The molecule has 0 fully saturated rings. The third-order valence-electron chi connectivity index (χ3n) is 6.21. The zero-order chi connectivity index (χ0) is 25.7. The molecule has 0 saturated heterocycles. The molecule has 2 aromatic carbocycles. The second-order valence-corrected chi connectivity index (χ2v) is 8.94. The average molecular weight is 486 g/mol. The summed E-state index contributed by atoms with van der Waals surface area (Å²) < 4.78 is 24.8. The van der Waals surface area contributed by atoms with Gasteiger partial charge in [-0.3, -0.25) is 14.4 Å². The van der Waals surface area contributed by atoms with Crippen molar-refractivity contribution in [3.8, 4) is 5.75 Å². The molecule has 1 aliphatic rings. The average Bonchev–Trinajstić information content (AvgIpc) is 2.83. The van der Waals surface area contributed by atoms with Crippen LogP contribution in [0.15, 0.2) is 42.5 Å². The number of rotatable bonds is 3. The lowest BCUT2D eigenvalue weighted by Crippen LogP contribution is -2.48. The SMILES string of the molecule is CO[C@@H]1CN(C)C(=O)c2cc(NC(=O)c3ccc(F)cc3)ccc2OC[C@@H](C)N(C(C)=O)C[C@H]1C. The van der Waals surface area contributed by atoms with Crippen LogP contribution in [0.3, 0.4) is 0 Å². The molecular weight excluding hydrogens is 453 g/mol. The first-order valence-electron chi connectivity index (χ1n) is 11.5. The molecule has 0 saturated carbocycles. The van der Waals surface area contributed by atoms with Crippen molar-refractivity contribution in [2.24, 2.45) is 5.92 Å². The molecule has 3 amide bonds. The lowest BCUT2D eigenvalue weighted by atomic mass is 10.0. The molecule has 8 nitrogen and oxygen atoms in total. The molecule has 188 valence electrons. The van der Waals surface area contributed by atoms with E-state index in [1.807, 2.05) is 13.8 Å². The molecule has 0 unspecified atom stereocenters. The Hall–Kier alpha value is -3.46. The highest BCUT2D eigenvalue weighted by molar-refractivity contribution is 6.05. The second kappa shape index (κ2) is 11.3. The number of nitrogens with zero attached hydrogens (tertiary/aromatic N) is 2. The molecule has 1 heterocycles. The molecule has 0 aliphatic carbocycles. The summed E-state index contributed by atoms with van der Waals surface area (Å²) in [5.74, 6) is -0.902. The number of amides is 3. The van der Waals surface area contributed by atoms with Crippen molar-refractivity contribution in [1.82, 2.24) is 9.80 Å². The van der Waals surface area contributed by atoms with Gasteiger partial charge in [0.2, 0.25) is 5.91 Å². The van der Waals surface area contributed by atoms with Crippen molar-refractivity contribution in [2.75, 3.05) is 39.2 Å². The van der Waals surface area contributed by atoms with E-state index in [1.54, 1.807) is 42.2 Å². The van der Waals surface area contributed by atoms with Gasteiger partial charge in [0.1, 0.15) is 18.2 Å². The van der Waals surface area contributed by atoms with Gasteiger partial charge < -0.3 is 24.6 Å². The minimum Gasteiger partial charge on any atom is -0.491 e. The summed E-state index contributed by atoms with van der Waals surface area (Å²) in [6, 6.07) is 9.76. The highest BCUT2D eigenvalue weighted by atomic mass is 19.1. The minimum absolute atomic E-state index is 0.0261. The Bertz CT molecular complexity index is 1080.